The number of carbonyl (C=O) groups excluding carboxylic acids is 4. The molecule has 0 bridgehead atoms. The topological polar surface area (TPSA) is 296 Å². The molecule has 0 aliphatic carbocycles. The Morgan fingerprint density at radius 2 is 0.558 bits per heavy atom. The van der Waals surface area contributed by atoms with Crippen molar-refractivity contribution in [2.45, 2.75) is 261 Å². The number of nitrogens with zero attached hydrogens (tertiary/aromatic N) is 4. The van der Waals surface area contributed by atoms with Crippen LogP contribution < -0.4 is 60.8 Å². The van der Waals surface area contributed by atoms with Crippen molar-refractivity contribution in [3.8, 4) is 46.0 Å². The molecule has 672 valence electrons. The van der Waals surface area contributed by atoms with Gasteiger partial charge in [0.15, 0.2) is 46.0 Å². The third-order valence-corrected chi connectivity index (χ3v) is 25.0. The van der Waals surface area contributed by atoms with E-state index in [1.165, 1.54) is 42.7 Å². The van der Waals surface area contributed by atoms with Crippen LogP contribution in [0.15, 0.2) is 48.3 Å². The fraction of sp³-hybridized carbons (Fsp3) is 0.708. The fourth-order valence-corrected chi connectivity index (χ4v) is 18.3. The van der Waals surface area contributed by atoms with Crippen molar-refractivity contribution in [2.75, 3.05) is 109 Å². The molecule has 8 heterocycles. The molecule has 12 unspecified atom stereocenters. The van der Waals surface area contributed by atoms with E-state index in [-0.39, 0.29) is 191 Å². The molecule has 0 amide bonds. The summed E-state index contributed by atoms with van der Waals surface area (Å²) in [6.45, 7) is 37.8. The van der Waals surface area contributed by atoms with Crippen molar-refractivity contribution < 1.29 is 96.6 Å². The average Bonchev–Trinajstić information content (AvgIpc) is 0.744. The summed E-state index contributed by atoms with van der Waals surface area (Å²) in [6, 6.07) is -2.98. The van der Waals surface area contributed by atoms with Crippen molar-refractivity contribution in [3.05, 3.63) is 92.8 Å². The van der Waals surface area contributed by atoms with Gasteiger partial charge in [-0.25, -0.2) is 0 Å². The first-order chi connectivity index (χ1) is 63.0. The SMILES string of the molecule is [2H]c1c2c(c([2H])c(OC)c1OC([2H])([2H])[2H])C1CC(OC(=O)[C@@H](N)C(C)C)C(CC(C)C)CN1CC2.[2H]c1c2c(c([2H])c(OC)c1OC([2H])([2H])[2H])C1CC(OC(=O)[C@@H](N)C(C)C)C(CC(C)C)CN1CC2.[2H]c1c2c(c([2H])c(OC)c1OC)C1CC(OC(=O)[C@@H](N)C(C)C)C(CC(C)C)CN1CC2.[2H]c1c2c(c([2H])c(OC)c1OC)C1CC([2H])(OC(=O)[C@@H](N)C(C)C)C(CC(C)C)CN1CC2. The Hall–Kier alpha value is -7.16. The first-order valence-corrected chi connectivity index (χ1v) is 43.6. The molecule has 120 heavy (non-hydrogen) atoms. The number of fused-ring (bicyclic) bond motifs is 12. The van der Waals surface area contributed by atoms with Gasteiger partial charge in [-0.3, -0.25) is 38.8 Å². The fourth-order valence-electron chi connectivity index (χ4n) is 18.3. The molecule has 8 aliphatic rings. The summed E-state index contributed by atoms with van der Waals surface area (Å²) < 4.78 is 191. The number of benzene rings is 4. The maximum atomic E-state index is 12.8. The second-order valence-corrected chi connectivity index (χ2v) is 37.0. The number of methoxy groups -OCH3 is 8. The summed E-state index contributed by atoms with van der Waals surface area (Å²) in [5, 5.41) is 0. The van der Waals surface area contributed by atoms with Crippen LogP contribution in [0.1, 0.15) is 251 Å². The molecule has 4 aromatic carbocycles. The third kappa shape index (κ3) is 23.8. The Labute approximate surface area is 739 Å². The van der Waals surface area contributed by atoms with Gasteiger partial charge in [-0.15, -0.1) is 0 Å². The van der Waals surface area contributed by atoms with E-state index >= 15 is 0 Å². The van der Waals surface area contributed by atoms with Gasteiger partial charge >= 0.3 is 23.9 Å². The lowest BCUT2D eigenvalue weighted by Crippen LogP contribution is -2.51. The van der Waals surface area contributed by atoms with E-state index in [0.29, 0.717) is 141 Å². The van der Waals surface area contributed by atoms with Gasteiger partial charge in [0, 0.05) is 126 Å². The molecule has 24 nitrogen and oxygen atoms in total. The third-order valence-electron chi connectivity index (χ3n) is 25.0. The maximum absolute atomic E-state index is 12.8. The van der Waals surface area contributed by atoms with Crippen LogP contribution in [0.3, 0.4) is 0 Å². The molecular formula is C96H152N8O16. The zero-order valence-electron chi connectivity index (χ0n) is 90.6. The Morgan fingerprint density at radius 1 is 0.342 bits per heavy atom. The average molecular weight is 1690 g/mol. The summed E-state index contributed by atoms with van der Waals surface area (Å²) in [6.07, 6.45) is 5.01. The second kappa shape index (κ2) is 43.9. The quantitative estimate of drug-likeness (QED) is 0.0303. The van der Waals surface area contributed by atoms with E-state index in [1.54, 1.807) is 0 Å². The summed E-state index contributed by atoms with van der Waals surface area (Å²) >= 11 is 0. The molecule has 12 rings (SSSR count). The van der Waals surface area contributed by atoms with Crippen LogP contribution in [0.4, 0.5) is 0 Å². The number of hydrogen-bond donors (Lipinski definition) is 4. The molecule has 0 spiro atoms. The minimum absolute atomic E-state index is 0.00369. The van der Waals surface area contributed by atoms with Crippen molar-refractivity contribution in [3.63, 3.8) is 0 Å². The van der Waals surface area contributed by atoms with E-state index in [9.17, 15) is 20.5 Å². The number of piperidine rings is 4. The molecular weight excluding hydrogens is 1520 g/mol. The predicted octanol–water partition coefficient (Wildman–Crippen LogP) is 14.3. The van der Waals surface area contributed by atoms with Gasteiger partial charge < -0.3 is 79.8 Å². The highest BCUT2D eigenvalue weighted by Gasteiger charge is 2.47. The number of carbonyl (C=O) groups is 4. The van der Waals surface area contributed by atoms with E-state index in [4.69, 9.17) is 99.0 Å². The summed E-state index contributed by atoms with van der Waals surface area (Å²) in [7, 11) is 3.07. The molecule has 0 saturated carbocycles. The number of ether oxygens (including phenoxy) is 12. The maximum Gasteiger partial charge on any atom is 0.323 e. The summed E-state index contributed by atoms with van der Waals surface area (Å²) in [5.74, 6) is 0.471. The van der Waals surface area contributed by atoms with Crippen LogP contribution in [0.25, 0.3) is 0 Å². The van der Waals surface area contributed by atoms with Gasteiger partial charge in [0.25, 0.3) is 0 Å². The van der Waals surface area contributed by atoms with Crippen LogP contribution in [0.5, 0.6) is 46.0 Å². The summed E-state index contributed by atoms with van der Waals surface area (Å²) in [4.78, 5) is 60.3. The number of hydrogen-bond acceptors (Lipinski definition) is 24. The van der Waals surface area contributed by atoms with E-state index in [0.717, 1.165) is 55.5 Å². The van der Waals surface area contributed by atoms with Crippen molar-refractivity contribution in [1.29, 1.82) is 0 Å². The van der Waals surface area contributed by atoms with Gasteiger partial charge in [-0.2, -0.15) is 0 Å². The van der Waals surface area contributed by atoms with Crippen LogP contribution in [0, 0.1) is 71.0 Å². The summed E-state index contributed by atoms with van der Waals surface area (Å²) in [5.41, 5.74) is 29.7. The number of nitrogens with two attached hydrogens (primary N) is 4. The molecule has 0 aromatic heterocycles. The van der Waals surface area contributed by atoms with Gasteiger partial charge in [-0.1, -0.05) is 111 Å². The first kappa shape index (κ1) is 76.5. The van der Waals surface area contributed by atoms with Gasteiger partial charge in [0.1, 0.15) is 48.6 Å². The monoisotopic (exact) mass is 1690 g/mol. The Balaban J connectivity index is 0.000000202. The van der Waals surface area contributed by atoms with Crippen LogP contribution >= 0.6 is 0 Å². The lowest BCUT2D eigenvalue weighted by molar-refractivity contribution is -0.161. The van der Waals surface area contributed by atoms with Crippen molar-refractivity contribution >= 4 is 23.9 Å². The van der Waals surface area contributed by atoms with E-state index in [2.05, 4.69) is 75.0 Å². The molecule has 4 aromatic rings. The van der Waals surface area contributed by atoms with Gasteiger partial charge in [0.2, 0.25) is 0 Å². The second-order valence-electron chi connectivity index (χ2n) is 37.0. The lowest BCUT2D eigenvalue weighted by atomic mass is 9.79. The zero-order chi connectivity index (χ0) is 101. The molecule has 16 atom stereocenters. The van der Waals surface area contributed by atoms with E-state index < -0.39 is 62.2 Å². The molecule has 4 fully saturated rings. The molecule has 8 N–H and O–H groups in total. The molecule has 24 heteroatoms. The van der Waals surface area contributed by atoms with E-state index in [1.807, 2.05) is 55.4 Å². The highest BCUT2D eigenvalue weighted by Crippen LogP contribution is 2.50. The van der Waals surface area contributed by atoms with Crippen LogP contribution in [-0.2, 0) is 63.8 Å². The normalized spacial score (nSPS) is 27.5. The number of rotatable bonds is 28. The van der Waals surface area contributed by atoms with Crippen LogP contribution in [-0.4, -0.2) is 201 Å². The van der Waals surface area contributed by atoms with Crippen LogP contribution in [0.2, 0.25) is 0 Å². The minimum atomic E-state index is -2.77. The Bertz CT molecular complexity index is 4630. The van der Waals surface area contributed by atoms with Gasteiger partial charge in [0.05, 0.1) is 77.3 Å². The molecule has 4 saturated heterocycles. The van der Waals surface area contributed by atoms with Gasteiger partial charge in [-0.05, 0) is 192 Å². The standard InChI is InChI=1S/4C24H38N2O4/c4*1-14(2)9-17-13-26-8-7-16-10-21(28-5)22(29-6)11-18(16)19(26)12-20(17)30-24(27)23(25)15(3)4/h4*10-11,14-15,17,19-20,23H,7-9,12-13,25H2,1-6H3/t4*17?,19?,20?,23-/m0000/s1/i10D,11D,20D;2*5D3,10D,11D;10D,11D. The molecule has 8 aliphatic heterocycles. The Morgan fingerprint density at radius 3 is 0.792 bits per heavy atom. The highest BCUT2D eigenvalue weighted by molar-refractivity contribution is 5.77. The highest BCUT2D eigenvalue weighted by atomic mass is 16.6. The molecule has 0 radical (unpaired) electrons. The predicted molar refractivity (Wildman–Crippen MR) is 471 cm³/mol. The lowest BCUT2D eigenvalue weighted by Gasteiger charge is -2.47. The van der Waals surface area contributed by atoms with Crippen molar-refractivity contribution in [1.82, 2.24) is 19.6 Å². The largest absolute Gasteiger partial charge is 0.493 e. The minimum Gasteiger partial charge on any atom is -0.493 e. The zero-order valence-corrected chi connectivity index (χ0v) is 75.6. The first-order valence-electron chi connectivity index (χ1n) is 51.1. The number of esters is 4. The Kier molecular flexibility index (Phi) is 28.0. The van der Waals surface area contributed by atoms with Crippen molar-refractivity contribution in [2.24, 2.45) is 93.9 Å². The smallest absolute Gasteiger partial charge is 0.323 e.